The van der Waals surface area contributed by atoms with Crippen LogP contribution in [0.1, 0.15) is 46.0 Å². The summed E-state index contributed by atoms with van der Waals surface area (Å²) in [6.07, 6.45) is 6.20. The summed E-state index contributed by atoms with van der Waals surface area (Å²) < 4.78 is 0. The number of nitrogens with two attached hydrogens (primary N) is 1. The van der Waals surface area contributed by atoms with Gasteiger partial charge in [0.15, 0.2) is 0 Å². The van der Waals surface area contributed by atoms with Crippen LogP contribution < -0.4 is 11.1 Å². The van der Waals surface area contributed by atoms with Gasteiger partial charge in [0.2, 0.25) is 0 Å². The van der Waals surface area contributed by atoms with Crippen molar-refractivity contribution in [2.75, 3.05) is 73.5 Å². The van der Waals surface area contributed by atoms with Crippen LogP contribution in [0.5, 0.6) is 0 Å². The molecule has 0 aromatic heterocycles. The normalized spacial score (nSPS) is 25.0. The Morgan fingerprint density at radius 1 is 0.808 bits per heavy atom. The maximum atomic E-state index is 5.94. The summed E-state index contributed by atoms with van der Waals surface area (Å²) in [5, 5.41) is 8.32. The zero-order valence-corrected chi connectivity index (χ0v) is 18.2. The minimum Gasteiger partial charge on any atom is -0.328 e. The zero-order valence-electron chi connectivity index (χ0n) is 18.2. The smallest absolute Gasteiger partial charge is 0.0267 e. The highest BCUT2D eigenvalue weighted by Crippen LogP contribution is 2.18. The largest absolute Gasteiger partial charge is 0.328 e. The standard InChI is InChI=1S/C12H26N4.C6H14N2.C2H6/c1-14-7-5-12(6-8-14)15(2)16-9-3-11(13)4-10-16;1-8-5-2-3-7-4-6-8;1-2/h11-12H,3-10,13H2,1-2H3;7H,2-6H2,1H3;1-2H3. The maximum absolute atomic E-state index is 5.94. The number of nitrogens with zero attached hydrogens (tertiary/aromatic N) is 4. The third-order valence-corrected chi connectivity index (χ3v) is 5.74. The minimum atomic E-state index is 0.433. The summed E-state index contributed by atoms with van der Waals surface area (Å²) in [4.78, 5) is 4.79. The van der Waals surface area contributed by atoms with Crippen LogP contribution in [0.4, 0.5) is 0 Å². The average molecular weight is 371 g/mol. The van der Waals surface area contributed by atoms with E-state index in [2.05, 4.69) is 46.3 Å². The van der Waals surface area contributed by atoms with Crippen molar-refractivity contribution in [1.29, 1.82) is 0 Å². The first kappa shape index (κ1) is 23.8. The predicted octanol–water partition coefficient (Wildman–Crippen LogP) is 1.29. The van der Waals surface area contributed by atoms with E-state index >= 15 is 0 Å². The Bertz CT molecular complexity index is 294. The van der Waals surface area contributed by atoms with Crippen LogP contribution in [0.15, 0.2) is 0 Å². The van der Waals surface area contributed by atoms with Gasteiger partial charge in [0.05, 0.1) is 0 Å². The molecule has 0 amide bonds. The topological polar surface area (TPSA) is 51.0 Å². The Labute approximate surface area is 163 Å². The van der Waals surface area contributed by atoms with Crippen LogP contribution in [-0.4, -0.2) is 105 Å². The lowest BCUT2D eigenvalue weighted by Crippen LogP contribution is -2.53. The molecular formula is C20H46N6. The van der Waals surface area contributed by atoms with E-state index in [1.54, 1.807) is 0 Å². The molecule has 3 aliphatic rings. The first-order valence-corrected chi connectivity index (χ1v) is 10.9. The Kier molecular flexibility index (Phi) is 12.7. The summed E-state index contributed by atoms with van der Waals surface area (Å²) in [6, 6.07) is 1.17. The molecule has 6 nitrogen and oxygen atoms in total. The molecule has 3 heterocycles. The van der Waals surface area contributed by atoms with Gasteiger partial charge in [-0.25, -0.2) is 10.0 Å². The highest BCUT2D eigenvalue weighted by molar-refractivity contribution is 4.79. The van der Waals surface area contributed by atoms with Crippen molar-refractivity contribution in [2.24, 2.45) is 5.73 Å². The maximum Gasteiger partial charge on any atom is 0.0267 e. The second-order valence-corrected chi connectivity index (χ2v) is 7.81. The van der Waals surface area contributed by atoms with Crippen LogP contribution in [0.25, 0.3) is 0 Å². The van der Waals surface area contributed by atoms with Crippen LogP contribution in [0, 0.1) is 0 Å². The van der Waals surface area contributed by atoms with Gasteiger partial charge in [0, 0.05) is 45.3 Å². The van der Waals surface area contributed by atoms with Gasteiger partial charge in [0.25, 0.3) is 0 Å². The molecule has 0 unspecified atom stereocenters. The fraction of sp³-hybridized carbons (Fsp3) is 1.00. The number of hydrazine groups is 1. The first-order chi connectivity index (χ1) is 12.6. The van der Waals surface area contributed by atoms with Crippen molar-refractivity contribution in [3.8, 4) is 0 Å². The Hall–Kier alpha value is -0.240. The lowest BCUT2D eigenvalue weighted by atomic mass is 10.0. The molecular weight excluding hydrogens is 324 g/mol. The number of rotatable bonds is 2. The van der Waals surface area contributed by atoms with E-state index in [-0.39, 0.29) is 0 Å². The van der Waals surface area contributed by atoms with Gasteiger partial charge in [-0.2, -0.15) is 0 Å². The van der Waals surface area contributed by atoms with Crippen molar-refractivity contribution in [1.82, 2.24) is 25.1 Å². The molecule has 156 valence electrons. The molecule has 0 bridgehead atoms. The molecule has 3 saturated heterocycles. The molecule has 6 heteroatoms. The Morgan fingerprint density at radius 2 is 1.38 bits per heavy atom. The second-order valence-electron chi connectivity index (χ2n) is 7.81. The number of nitrogens with one attached hydrogen (secondary N) is 1. The molecule has 3 rings (SSSR count). The summed E-state index contributed by atoms with van der Waals surface area (Å²) >= 11 is 0. The molecule has 0 spiro atoms. The monoisotopic (exact) mass is 370 g/mol. The Morgan fingerprint density at radius 3 is 2.00 bits per heavy atom. The van der Waals surface area contributed by atoms with Crippen molar-refractivity contribution in [3.63, 3.8) is 0 Å². The Balaban J connectivity index is 0.000000284. The van der Waals surface area contributed by atoms with E-state index in [9.17, 15) is 0 Å². The quantitative estimate of drug-likeness (QED) is 0.764. The summed E-state index contributed by atoms with van der Waals surface area (Å²) in [5.74, 6) is 0. The highest BCUT2D eigenvalue weighted by Gasteiger charge is 2.26. The van der Waals surface area contributed by atoms with Crippen LogP contribution in [0.2, 0.25) is 0 Å². The van der Waals surface area contributed by atoms with Crippen LogP contribution in [-0.2, 0) is 0 Å². The second kappa shape index (κ2) is 13.9. The van der Waals surface area contributed by atoms with E-state index in [1.807, 2.05) is 13.8 Å². The van der Waals surface area contributed by atoms with E-state index < -0.39 is 0 Å². The highest BCUT2D eigenvalue weighted by atomic mass is 15.6. The van der Waals surface area contributed by atoms with Crippen molar-refractivity contribution in [2.45, 2.75) is 58.0 Å². The van der Waals surface area contributed by atoms with Crippen molar-refractivity contribution < 1.29 is 0 Å². The molecule has 26 heavy (non-hydrogen) atoms. The third kappa shape index (κ3) is 9.11. The lowest BCUT2D eigenvalue weighted by molar-refractivity contribution is -0.0674. The number of hydrogen-bond acceptors (Lipinski definition) is 6. The molecule has 0 aliphatic carbocycles. The number of piperidine rings is 2. The third-order valence-electron chi connectivity index (χ3n) is 5.74. The van der Waals surface area contributed by atoms with Gasteiger partial charge in [-0.15, -0.1) is 0 Å². The summed E-state index contributed by atoms with van der Waals surface area (Å²) in [7, 11) is 6.65. The van der Waals surface area contributed by atoms with Gasteiger partial charge in [0.1, 0.15) is 0 Å². The minimum absolute atomic E-state index is 0.433. The van der Waals surface area contributed by atoms with Crippen molar-refractivity contribution in [3.05, 3.63) is 0 Å². The number of hydrogen-bond donors (Lipinski definition) is 2. The molecule has 0 atom stereocenters. The predicted molar refractivity (Wildman–Crippen MR) is 113 cm³/mol. The average Bonchev–Trinajstić information content (AvgIpc) is 2.92. The fourth-order valence-corrected chi connectivity index (χ4v) is 3.78. The molecule has 0 saturated carbocycles. The van der Waals surface area contributed by atoms with Gasteiger partial charge < -0.3 is 20.9 Å². The molecule has 0 aromatic rings. The van der Waals surface area contributed by atoms with E-state index in [0.29, 0.717) is 6.04 Å². The fourth-order valence-electron chi connectivity index (χ4n) is 3.78. The summed E-state index contributed by atoms with van der Waals surface area (Å²) in [5.41, 5.74) is 5.94. The molecule has 0 radical (unpaired) electrons. The lowest BCUT2D eigenvalue weighted by Gasteiger charge is -2.43. The number of likely N-dealkylation sites (N-methyl/N-ethyl adjacent to an activating group) is 1. The van der Waals surface area contributed by atoms with E-state index in [4.69, 9.17) is 5.73 Å². The van der Waals surface area contributed by atoms with Crippen LogP contribution >= 0.6 is 0 Å². The van der Waals surface area contributed by atoms with Crippen LogP contribution in [0.3, 0.4) is 0 Å². The van der Waals surface area contributed by atoms with Gasteiger partial charge in [-0.05, 0) is 72.4 Å². The molecule has 3 N–H and O–H groups in total. The summed E-state index contributed by atoms with van der Waals surface area (Å²) in [6.45, 7) is 13.6. The number of likely N-dealkylation sites (tertiary alicyclic amines) is 1. The van der Waals surface area contributed by atoms with E-state index in [0.717, 1.165) is 38.5 Å². The van der Waals surface area contributed by atoms with E-state index in [1.165, 1.54) is 52.0 Å². The molecule has 3 aliphatic heterocycles. The van der Waals surface area contributed by atoms with Gasteiger partial charge in [-0.3, -0.25) is 0 Å². The van der Waals surface area contributed by atoms with Crippen molar-refractivity contribution >= 4 is 0 Å². The van der Waals surface area contributed by atoms with Gasteiger partial charge >= 0.3 is 0 Å². The molecule has 3 fully saturated rings. The zero-order chi connectivity index (χ0) is 19.4. The first-order valence-electron chi connectivity index (χ1n) is 10.9. The van der Waals surface area contributed by atoms with Gasteiger partial charge in [-0.1, -0.05) is 13.8 Å². The molecule has 0 aromatic carbocycles. The SMILES string of the molecule is CC.CN1CCC(N(C)N2CCC(N)CC2)CC1.CN1CCCNCC1.